The number of nitrogens with zero attached hydrogens (tertiary/aromatic N) is 1. The first-order valence-corrected chi connectivity index (χ1v) is 6.59. The van der Waals surface area contributed by atoms with Gasteiger partial charge in [0, 0.05) is 0 Å². The number of hydrogen-bond acceptors (Lipinski definition) is 4. The average molecular weight is 282 g/mol. The molecule has 1 amide bonds. The van der Waals surface area contributed by atoms with Crippen molar-refractivity contribution in [1.29, 1.82) is 0 Å². The molecule has 5 nitrogen and oxygen atoms in total. The van der Waals surface area contributed by atoms with E-state index < -0.39 is 6.10 Å². The van der Waals surface area contributed by atoms with Crippen LogP contribution in [-0.4, -0.2) is 24.8 Å². The van der Waals surface area contributed by atoms with E-state index in [4.69, 9.17) is 9.47 Å². The Hall–Kier alpha value is -2.82. The summed E-state index contributed by atoms with van der Waals surface area (Å²) in [6.07, 6.45) is 0.878. The summed E-state index contributed by atoms with van der Waals surface area (Å²) in [5.74, 6) is 0.877. The number of amides is 1. The van der Waals surface area contributed by atoms with Gasteiger partial charge in [0.1, 0.15) is 6.61 Å². The number of hydrogen-bond donors (Lipinski definition) is 1. The fourth-order valence-corrected chi connectivity index (χ4v) is 1.93. The second kappa shape index (κ2) is 6.09. The Morgan fingerprint density at radius 3 is 2.62 bits per heavy atom. The van der Waals surface area contributed by atoms with Gasteiger partial charge in [0.15, 0.2) is 11.5 Å². The van der Waals surface area contributed by atoms with E-state index in [1.165, 1.54) is 0 Å². The van der Waals surface area contributed by atoms with E-state index in [2.05, 4.69) is 10.5 Å². The molecule has 2 aromatic carbocycles. The molecule has 2 aromatic rings. The van der Waals surface area contributed by atoms with Gasteiger partial charge in [-0.25, -0.2) is 5.43 Å². The zero-order valence-electron chi connectivity index (χ0n) is 11.2. The van der Waals surface area contributed by atoms with Crippen molar-refractivity contribution in [2.45, 2.75) is 6.10 Å². The summed E-state index contributed by atoms with van der Waals surface area (Å²) in [5, 5.41) is 3.91. The summed E-state index contributed by atoms with van der Waals surface area (Å²) in [6, 6.07) is 16.8. The van der Waals surface area contributed by atoms with Crippen molar-refractivity contribution in [1.82, 2.24) is 5.43 Å². The highest BCUT2D eigenvalue weighted by Gasteiger charge is 2.26. The molecule has 3 rings (SSSR count). The summed E-state index contributed by atoms with van der Waals surface area (Å²) in [7, 11) is 0. The highest BCUT2D eigenvalue weighted by atomic mass is 16.6. The molecular weight excluding hydrogens is 268 g/mol. The van der Waals surface area contributed by atoms with Gasteiger partial charge in [0.2, 0.25) is 6.10 Å². The number of ether oxygens (including phenoxy) is 2. The van der Waals surface area contributed by atoms with Crippen LogP contribution in [0, 0.1) is 0 Å². The molecule has 0 radical (unpaired) electrons. The summed E-state index contributed by atoms with van der Waals surface area (Å²) >= 11 is 0. The van der Waals surface area contributed by atoms with Gasteiger partial charge in [-0.3, -0.25) is 4.79 Å². The molecule has 1 heterocycles. The van der Waals surface area contributed by atoms with E-state index in [9.17, 15) is 4.79 Å². The minimum absolute atomic E-state index is 0.170. The molecule has 1 atom stereocenters. The molecule has 1 aliphatic heterocycles. The molecule has 5 heteroatoms. The minimum Gasteiger partial charge on any atom is -0.485 e. The number of benzene rings is 2. The topological polar surface area (TPSA) is 59.9 Å². The van der Waals surface area contributed by atoms with Crippen LogP contribution in [0.25, 0.3) is 0 Å². The molecule has 21 heavy (non-hydrogen) atoms. The summed E-state index contributed by atoms with van der Waals surface area (Å²) < 4.78 is 11.1. The number of hydrazone groups is 1. The Bertz CT molecular complexity index is 656. The number of carbonyl (C=O) groups excluding carboxylic acids is 1. The fourth-order valence-electron chi connectivity index (χ4n) is 1.93. The van der Waals surface area contributed by atoms with Crippen LogP contribution in [0.2, 0.25) is 0 Å². The predicted molar refractivity (Wildman–Crippen MR) is 78.5 cm³/mol. The van der Waals surface area contributed by atoms with Crippen molar-refractivity contribution in [2.75, 3.05) is 6.61 Å². The Kier molecular flexibility index (Phi) is 3.82. The van der Waals surface area contributed by atoms with Crippen molar-refractivity contribution in [3.8, 4) is 11.5 Å². The van der Waals surface area contributed by atoms with E-state index in [1.54, 1.807) is 18.3 Å². The van der Waals surface area contributed by atoms with Gasteiger partial charge in [-0.1, -0.05) is 42.5 Å². The first-order valence-electron chi connectivity index (χ1n) is 6.59. The van der Waals surface area contributed by atoms with Crippen molar-refractivity contribution in [3.05, 3.63) is 60.2 Å². The lowest BCUT2D eigenvalue weighted by Gasteiger charge is -2.24. The third-order valence-corrected chi connectivity index (χ3v) is 2.99. The molecule has 0 saturated carbocycles. The van der Waals surface area contributed by atoms with Crippen LogP contribution in [0.15, 0.2) is 59.7 Å². The number of rotatable bonds is 3. The first kappa shape index (κ1) is 13.2. The lowest BCUT2D eigenvalue weighted by atomic mass is 10.2. The Balaban J connectivity index is 1.59. The quantitative estimate of drug-likeness (QED) is 0.691. The van der Waals surface area contributed by atoms with Crippen LogP contribution in [0.4, 0.5) is 0 Å². The van der Waals surface area contributed by atoms with Gasteiger partial charge in [0.25, 0.3) is 5.91 Å². The molecule has 0 aromatic heterocycles. The van der Waals surface area contributed by atoms with Gasteiger partial charge in [0.05, 0.1) is 6.21 Å². The van der Waals surface area contributed by atoms with Crippen molar-refractivity contribution in [2.24, 2.45) is 5.10 Å². The van der Waals surface area contributed by atoms with E-state index in [0.717, 1.165) is 5.56 Å². The maximum atomic E-state index is 12.0. The SMILES string of the molecule is O=C(N/N=C\c1ccccc1)[C@@H]1COc2ccccc2O1. The Morgan fingerprint density at radius 2 is 1.81 bits per heavy atom. The molecule has 1 aliphatic rings. The van der Waals surface area contributed by atoms with Gasteiger partial charge < -0.3 is 9.47 Å². The molecule has 0 unspecified atom stereocenters. The maximum absolute atomic E-state index is 12.0. The van der Waals surface area contributed by atoms with Gasteiger partial charge in [-0.05, 0) is 17.7 Å². The summed E-state index contributed by atoms with van der Waals surface area (Å²) in [4.78, 5) is 12.0. The van der Waals surface area contributed by atoms with Crippen LogP contribution >= 0.6 is 0 Å². The third kappa shape index (κ3) is 3.20. The molecule has 0 bridgehead atoms. The summed E-state index contributed by atoms with van der Waals surface area (Å²) in [6.45, 7) is 0.170. The number of carbonyl (C=O) groups is 1. The number of para-hydroxylation sites is 2. The lowest BCUT2D eigenvalue weighted by Crippen LogP contribution is -2.42. The summed E-state index contributed by atoms with van der Waals surface area (Å²) in [5.41, 5.74) is 3.36. The number of fused-ring (bicyclic) bond motifs is 1. The fraction of sp³-hybridized carbons (Fsp3) is 0.125. The molecule has 1 N–H and O–H groups in total. The van der Waals surface area contributed by atoms with Crippen LogP contribution in [0.3, 0.4) is 0 Å². The lowest BCUT2D eigenvalue weighted by molar-refractivity contribution is -0.130. The highest BCUT2D eigenvalue weighted by Crippen LogP contribution is 2.30. The van der Waals surface area contributed by atoms with Crippen LogP contribution in [-0.2, 0) is 4.79 Å². The largest absolute Gasteiger partial charge is 0.485 e. The highest BCUT2D eigenvalue weighted by molar-refractivity contribution is 5.84. The van der Waals surface area contributed by atoms with Gasteiger partial charge in [-0.15, -0.1) is 0 Å². The molecule has 106 valence electrons. The van der Waals surface area contributed by atoms with E-state index in [0.29, 0.717) is 11.5 Å². The van der Waals surface area contributed by atoms with Crippen molar-refractivity contribution < 1.29 is 14.3 Å². The Morgan fingerprint density at radius 1 is 1.10 bits per heavy atom. The number of nitrogens with one attached hydrogen (secondary N) is 1. The average Bonchev–Trinajstić information content (AvgIpc) is 2.55. The normalized spacial score (nSPS) is 16.7. The smallest absolute Gasteiger partial charge is 0.284 e. The molecule has 0 fully saturated rings. The van der Waals surface area contributed by atoms with Crippen molar-refractivity contribution in [3.63, 3.8) is 0 Å². The molecular formula is C16H14N2O3. The van der Waals surface area contributed by atoms with Crippen LogP contribution in [0.5, 0.6) is 11.5 Å². The van der Waals surface area contributed by atoms with Crippen LogP contribution in [0.1, 0.15) is 5.56 Å². The van der Waals surface area contributed by atoms with Gasteiger partial charge in [-0.2, -0.15) is 5.10 Å². The van der Waals surface area contributed by atoms with E-state index in [1.807, 2.05) is 42.5 Å². The minimum atomic E-state index is -0.701. The van der Waals surface area contributed by atoms with E-state index in [-0.39, 0.29) is 12.5 Å². The molecule has 0 saturated heterocycles. The van der Waals surface area contributed by atoms with E-state index >= 15 is 0 Å². The monoisotopic (exact) mass is 282 g/mol. The standard InChI is InChI=1S/C16H14N2O3/c19-16(18-17-10-12-6-2-1-3-7-12)15-11-20-13-8-4-5-9-14(13)21-15/h1-10,15H,11H2,(H,18,19)/b17-10-/t15-/m0/s1. The van der Waals surface area contributed by atoms with Crippen LogP contribution < -0.4 is 14.9 Å². The zero-order valence-corrected chi connectivity index (χ0v) is 11.2. The molecule has 0 spiro atoms. The third-order valence-electron chi connectivity index (χ3n) is 2.99. The first-order chi connectivity index (χ1) is 10.3. The maximum Gasteiger partial charge on any atom is 0.284 e. The van der Waals surface area contributed by atoms with Crippen molar-refractivity contribution >= 4 is 12.1 Å². The zero-order chi connectivity index (χ0) is 14.5. The van der Waals surface area contributed by atoms with Gasteiger partial charge >= 0.3 is 0 Å². The molecule has 0 aliphatic carbocycles. The Labute approximate surface area is 122 Å². The second-order valence-electron chi connectivity index (χ2n) is 4.51. The second-order valence-corrected chi connectivity index (χ2v) is 4.51. The predicted octanol–water partition coefficient (Wildman–Crippen LogP) is 1.98.